The molecule has 0 spiro atoms. The second kappa shape index (κ2) is 4.73. The van der Waals surface area contributed by atoms with Crippen molar-refractivity contribution in [1.29, 1.82) is 0 Å². The lowest BCUT2D eigenvalue weighted by Gasteiger charge is -2.14. The average molecular weight is 220 g/mol. The van der Waals surface area contributed by atoms with Gasteiger partial charge >= 0.3 is 0 Å². The van der Waals surface area contributed by atoms with E-state index in [1.165, 1.54) is 19.3 Å². The maximum absolute atomic E-state index is 11.4. The van der Waals surface area contributed by atoms with Crippen molar-refractivity contribution in [2.24, 2.45) is 5.92 Å². The number of rotatable bonds is 3. The molecule has 0 radical (unpaired) electrons. The van der Waals surface area contributed by atoms with Crippen LogP contribution in [0.15, 0.2) is 23.1 Å². The Kier molecular flexibility index (Phi) is 3.32. The van der Waals surface area contributed by atoms with E-state index >= 15 is 0 Å². The zero-order valence-corrected chi connectivity index (χ0v) is 10.1. The van der Waals surface area contributed by atoms with E-state index in [4.69, 9.17) is 0 Å². The van der Waals surface area contributed by atoms with Gasteiger partial charge in [0.15, 0.2) is 0 Å². The minimum absolute atomic E-state index is 0.0767. The van der Waals surface area contributed by atoms with Gasteiger partial charge in [0.05, 0.1) is 5.69 Å². The van der Waals surface area contributed by atoms with E-state index < -0.39 is 0 Å². The van der Waals surface area contributed by atoms with Gasteiger partial charge in [0.25, 0.3) is 5.56 Å². The molecule has 2 unspecified atom stereocenters. The van der Waals surface area contributed by atoms with Gasteiger partial charge in [0.1, 0.15) is 0 Å². The van der Waals surface area contributed by atoms with E-state index in [1.54, 1.807) is 10.6 Å². The molecule has 1 aromatic heterocycles. The Morgan fingerprint density at radius 3 is 2.88 bits per heavy atom. The first kappa shape index (κ1) is 11.2. The number of nitrogens with one attached hydrogen (secondary N) is 1. The Bertz CT molecular complexity index is 411. The van der Waals surface area contributed by atoms with Crippen molar-refractivity contribution in [1.82, 2.24) is 4.57 Å². The minimum atomic E-state index is 0.0767. The molecular formula is C13H20N2O. The van der Waals surface area contributed by atoms with E-state index in [2.05, 4.69) is 12.2 Å². The predicted molar refractivity (Wildman–Crippen MR) is 66.8 cm³/mol. The van der Waals surface area contributed by atoms with Crippen molar-refractivity contribution in [2.75, 3.05) is 5.32 Å². The lowest BCUT2D eigenvalue weighted by Crippen LogP contribution is -2.21. The highest BCUT2D eigenvalue weighted by Gasteiger charge is 2.20. The average Bonchev–Trinajstić information content (AvgIpc) is 2.67. The SMILES string of the molecule is CCn1cc(NC2CCC(C)C2)ccc1=O. The molecule has 3 heteroatoms. The Morgan fingerprint density at radius 1 is 1.44 bits per heavy atom. The van der Waals surface area contributed by atoms with E-state index in [0.29, 0.717) is 6.04 Å². The highest BCUT2D eigenvalue weighted by atomic mass is 16.1. The van der Waals surface area contributed by atoms with E-state index in [-0.39, 0.29) is 5.56 Å². The monoisotopic (exact) mass is 220 g/mol. The standard InChI is InChI=1S/C13H20N2O/c1-3-15-9-12(6-7-13(15)16)14-11-5-4-10(2)8-11/h6-7,9-11,14H,3-5,8H2,1-2H3. The summed E-state index contributed by atoms with van der Waals surface area (Å²) >= 11 is 0. The van der Waals surface area contributed by atoms with Crippen LogP contribution in [0.2, 0.25) is 0 Å². The summed E-state index contributed by atoms with van der Waals surface area (Å²) in [6.07, 6.45) is 5.72. The van der Waals surface area contributed by atoms with Gasteiger partial charge in [-0.15, -0.1) is 0 Å². The molecule has 0 amide bonds. The number of aryl methyl sites for hydroxylation is 1. The summed E-state index contributed by atoms with van der Waals surface area (Å²) < 4.78 is 1.74. The summed E-state index contributed by atoms with van der Waals surface area (Å²) in [6.45, 7) is 5.02. The molecule has 0 saturated heterocycles. The van der Waals surface area contributed by atoms with Crippen molar-refractivity contribution < 1.29 is 0 Å². The van der Waals surface area contributed by atoms with Crippen LogP contribution >= 0.6 is 0 Å². The highest BCUT2D eigenvalue weighted by Crippen LogP contribution is 2.27. The van der Waals surface area contributed by atoms with Crippen molar-refractivity contribution in [3.8, 4) is 0 Å². The van der Waals surface area contributed by atoms with Crippen molar-refractivity contribution >= 4 is 5.69 Å². The Balaban J connectivity index is 2.07. The van der Waals surface area contributed by atoms with Crippen LogP contribution in [-0.4, -0.2) is 10.6 Å². The zero-order valence-electron chi connectivity index (χ0n) is 10.1. The molecular weight excluding hydrogens is 200 g/mol. The van der Waals surface area contributed by atoms with Gasteiger partial charge in [0, 0.05) is 24.8 Å². The van der Waals surface area contributed by atoms with Gasteiger partial charge in [-0.25, -0.2) is 0 Å². The number of pyridine rings is 1. The minimum Gasteiger partial charge on any atom is -0.381 e. The molecule has 2 rings (SSSR count). The summed E-state index contributed by atoms with van der Waals surface area (Å²) in [5.74, 6) is 0.828. The quantitative estimate of drug-likeness (QED) is 0.849. The third kappa shape index (κ3) is 2.46. The summed E-state index contributed by atoms with van der Waals surface area (Å²) in [4.78, 5) is 11.4. The second-order valence-electron chi connectivity index (χ2n) is 4.80. The molecule has 1 fully saturated rings. The molecule has 2 atom stereocenters. The van der Waals surface area contributed by atoms with Gasteiger partial charge in [-0.1, -0.05) is 6.92 Å². The molecule has 1 N–H and O–H groups in total. The zero-order chi connectivity index (χ0) is 11.5. The van der Waals surface area contributed by atoms with Crippen LogP contribution < -0.4 is 10.9 Å². The van der Waals surface area contributed by atoms with Crippen LogP contribution in [0, 0.1) is 5.92 Å². The fraction of sp³-hybridized carbons (Fsp3) is 0.615. The number of nitrogens with zero attached hydrogens (tertiary/aromatic N) is 1. The van der Waals surface area contributed by atoms with Gasteiger partial charge in [-0.05, 0) is 38.2 Å². The molecule has 16 heavy (non-hydrogen) atoms. The second-order valence-corrected chi connectivity index (χ2v) is 4.80. The van der Waals surface area contributed by atoms with Crippen molar-refractivity contribution in [3.05, 3.63) is 28.7 Å². The molecule has 1 aliphatic rings. The molecule has 1 aliphatic carbocycles. The predicted octanol–water partition coefficient (Wildman–Crippen LogP) is 2.47. The topological polar surface area (TPSA) is 34.0 Å². The van der Waals surface area contributed by atoms with Crippen LogP contribution in [-0.2, 0) is 6.54 Å². The normalized spacial score (nSPS) is 24.6. The molecule has 1 saturated carbocycles. The van der Waals surface area contributed by atoms with Crippen LogP contribution in [0.5, 0.6) is 0 Å². The molecule has 3 nitrogen and oxygen atoms in total. The smallest absolute Gasteiger partial charge is 0.250 e. The largest absolute Gasteiger partial charge is 0.381 e. The third-order valence-corrected chi connectivity index (χ3v) is 3.39. The maximum Gasteiger partial charge on any atom is 0.250 e. The molecule has 1 heterocycles. The van der Waals surface area contributed by atoms with E-state index in [9.17, 15) is 4.79 Å². The highest BCUT2D eigenvalue weighted by molar-refractivity contribution is 5.41. The maximum atomic E-state index is 11.4. The van der Waals surface area contributed by atoms with Crippen LogP contribution in [0.3, 0.4) is 0 Å². The van der Waals surface area contributed by atoms with Crippen molar-refractivity contribution in [2.45, 2.75) is 45.7 Å². The number of hydrogen-bond acceptors (Lipinski definition) is 2. The third-order valence-electron chi connectivity index (χ3n) is 3.39. The van der Waals surface area contributed by atoms with E-state index in [1.807, 2.05) is 19.2 Å². The molecule has 88 valence electrons. The summed E-state index contributed by atoms with van der Waals surface area (Å²) in [5.41, 5.74) is 1.15. The molecule has 0 aliphatic heterocycles. The van der Waals surface area contributed by atoms with Crippen LogP contribution in [0.4, 0.5) is 5.69 Å². The van der Waals surface area contributed by atoms with Gasteiger partial charge in [0.2, 0.25) is 0 Å². The van der Waals surface area contributed by atoms with Crippen LogP contribution in [0.25, 0.3) is 0 Å². The van der Waals surface area contributed by atoms with Gasteiger partial charge in [-0.2, -0.15) is 0 Å². The molecule has 0 bridgehead atoms. The lowest BCUT2D eigenvalue weighted by molar-refractivity contribution is 0.602. The fourth-order valence-electron chi connectivity index (χ4n) is 2.44. The lowest BCUT2D eigenvalue weighted by atomic mass is 10.1. The first-order valence-corrected chi connectivity index (χ1v) is 6.16. The van der Waals surface area contributed by atoms with Crippen LogP contribution in [0.1, 0.15) is 33.1 Å². The molecule has 1 aromatic rings. The fourth-order valence-corrected chi connectivity index (χ4v) is 2.44. The van der Waals surface area contributed by atoms with Gasteiger partial charge in [-0.3, -0.25) is 4.79 Å². The summed E-state index contributed by atoms with van der Waals surface area (Å²) in [6, 6.07) is 4.11. The Labute approximate surface area is 96.5 Å². The Hall–Kier alpha value is -1.25. The first-order valence-electron chi connectivity index (χ1n) is 6.16. The van der Waals surface area contributed by atoms with Crippen molar-refractivity contribution in [3.63, 3.8) is 0 Å². The molecule has 0 aromatic carbocycles. The Morgan fingerprint density at radius 2 is 2.25 bits per heavy atom. The summed E-state index contributed by atoms with van der Waals surface area (Å²) in [5, 5.41) is 3.51. The first-order chi connectivity index (χ1) is 7.69. The van der Waals surface area contributed by atoms with E-state index in [0.717, 1.165) is 18.2 Å². The van der Waals surface area contributed by atoms with Gasteiger partial charge < -0.3 is 9.88 Å². The number of anilines is 1. The number of aromatic nitrogens is 1. The summed E-state index contributed by atoms with van der Waals surface area (Å²) in [7, 11) is 0. The number of hydrogen-bond donors (Lipinski definition) is 1.